The van der Waals surface area contributed by atoms with E-state index in [0.717, 1.165) is 22.9 Å². The Morgan fingerprint density at radius 1 is 1.32 bits per heavy atom. The van der Waals surface area contributed by atoms with Crippen LogP contribution in [0.25, 0.3) is 11.0 Å². The van der Waals surface area contributed by atoms with Gasteiger partial charge in [0, 0.05) is 29.3 Å². The standard InChI is InChI=1S/C14H13ClN4O2S/c1-3-8-4-12-10(6-11(8)15)9(5-13(20)21-12)7-22-14-16-17-18-19(14)2/h4-6H,3,7H2,1-2H3. The van der Waals surface area contributed by atoms with Crippen molar-refractivity contribution in [3.8, 4) is 0 Å². The molecule has 1 aromatic carbocycles. The summed E-state index contributed by atoms with van der Waals surface area (Å²) in [5.41, 5.74) is 1.99. The Morgan fingerprint density at radius 3 is 2.82 bits per heavy atom. The predicted octanol–water partition coefficient (Wildman–Crippen LogP) is 2.82. The maximum atomic E-state index is 11.8. The Morgan fingerprint density at radius 2 is 2.14 bits per heavy atom. The molecule has 0 aliphatic carbocycles. The van der Waals surface area contributed by atoms with Crippen molar-refractivity contribution in [2.45, 2.75) is 24.3 Å². The van der Waals surface area contributed by atoms with E-state index in [1.807, 2.05) is 19.1 Å². The van der Waals surface area contributed by atoms with Crippen LogP contribution in [0, 0.1) is 0 Å². The summed E-state index contributed by atoms with van der Waals surface area (Å²) in [5.74, 6) is 0.554. The van der Waals surface area contributed by atoms with Gasteiger partial charge in [-0.2, -0.15) is 0 Å². The Hall–Kier alpha value is -1.86. The van der Waals surface area contributed by atoms with Crippen molar-refractivity contribution in [3.05, 3.63) is 44.8 Å². The van der Waals surface area contributed by atoms with Gasteiger partial charge in [0.1, 0.15) is 5.58 Å². The third-order valence-corrected chi connectivity index (χ3v) is 4.73. The number of thioether (sulfide) groups is 1. The lowest BCUT2D eigenvalue weighted by Crippen LogP contribution is -2.01. The van der Waals surface area contributed by atoms with E-state index in [2.05, 4.69) is 15.5 Å². The molecule has 0 aliphatic rings. The smallest absolute Gasteiger partial charge is 0.336 e. The van der Waals surface area contributed by atoms with Crippen LogP contribution in [-0.2, 0) is 19.2 Å². The largest absolute Gasteiger partial charge is 0.423 e. The summed E-state index contributed by atoms with van der Waals surface area (Å²) in [4.78, 5) is 11.8. The molecule has 0 aliphatic heterocycles. The van der Waals surface area contributed by atoms with Crippen LogP contribution >= 0.6 is 23.4 Å². The van der Waals surface area contributed by atoms with Gasteiger partial charge in [0.2, 0.25) is 5.16 Å². The van der Waals surface area contributed by atoms with Gasteiger partial charge < -0.3 is 4.42 Å². The lowest BCUT2D eigenvalue weighted by atomic mass is 10.1. The van der Waals surface area contributed by atoms with E-state index in [-0.39, 0.29) is 5.63 Å². The van der Waals surface area contributed by atoms with Gasteiger partial charge in [-0.05, 0) is 40.1 Å². The predicted molar refractivity (Wildman–Crippen MR) is 85.2 cm³/mol. The van der Waals surface area contributed by atoms with E-state index in [1.165, 1.54) is 17.8 Å². The summed E-state index contributed by atoms with van der Waals surface area (Å²) < 4.78 is 6.88. The minimum atomic E-state index is -0.372. The number of aryl methyl sites for hydroxylation is 2. The van der Waals surface area contributed by atoms with Gasteiger partial charge in [-0.3, -0.25) is 0 Å². The molecule has 22 heavy (non-hydrogen) atoms. The summed E-state index contributed by atoms with van der Waals surface area (Å²) in [6.45, 7) is 2.01. The Kier molecular flexibility index (Phi) is 4.17. The molecular weight excluding hydrogens is 324 g/mol. The highest BCUT2D eigenvalue weighted by atomic mass is 35.5. The topological polar surface area (TPSA) is 73.8 Å². The normalized spacial score (nSPS) is 11.2. The average Bonchev–Trinajstić information content (AvgIpc) is 2.90. The minimum Gasteiger partial charge on any atom is -0.423 e. The van der Waals surface area contributed by atoms with E-state index < -0.39 is 0 Å². The number of aromatic nitrogens is 4. The molecule has 0 amide bonds. The molecule has 0 saturated carbocycles. The molecule has 0 N–H and O–H groups in total. The summed E-state index contributed by atoms with van der Waals surface area (Å²) in [6.07, 6.45) is 0.780. The monoisotopic (exact) mass is 336 g/mol. The first-order valence-corrected chi connectivity index (χ1v) is 8.05. The zero-order chi connectivity index (χ0) is 15.7. The quantitative estimate of drug-likeness (QED) is 0.539. The van der Waals surface area contributed by atoms with Crippen molar-refractivity contribution in [2.75, 3.05) is 0 Å². The number of hydrogen-bond acceptors (Lipinski definition) is 6. The highest BCUT2D eigenvalue weighted by Gasteiger charge is 2.11. The SMILES string of the molecule is CCc1cc2oc(=O)cc(CSc3nnnn3C)c2cc1Cl. The lowest BCUT2D eigenvalue weighted by Gasteiger charge is -2.08. The Bertz CT molecular complexity index is 890. The van der Waals surface area contributed by atoms with Crippen LogP contribution in [0.15, 0.2) is 32.6 Å². The lowest BCUT2D eigenvalue weighted by molar-refractivity contribution is 0.559. The van der Waals surface area contributed by atoms with Crippen molar-refractivity contribution in [3.63, 3.8) is 0 Å². The minimum absolute atomic E-state index is 0.372. The van der Waals surface area contributed by atoms with Gasteiger partial charge in [-0.25, -0.2) is 9.48 Å². The number of nitrogens with zero attached hydrogens (tertiary/aromatic N) is 4. The van der Waals surface area contributed by atoms with Crippen LogP contribution in [0.2, 0.25) is 5.02 Å². The Labute approximate surface area is 135 Å². The second kappa shape index (κ2) is 6.10. The van der Waals surface area contributed by atoms with Crippen LogP contribution in [0.3, 0.4) is 0 Å². The molecule has 0 saturated heterocycles. The number of tetrazole rings is 1. The number of hydrogen-bond donors (Lipinski definition) is 0. The van der Waals surface area contributed by atoms with E-state index in [1.54, 1.807) is 11.7 Å². The van der Waals surface area contributed by atoms with Crippen LogP contribution < -0.4 is 5.63 Å². The molecule has 114 valence electrons. The summed E-state index contributed by atoms with van der Waals surface area (Å²) >= 11 is 7.73. The molecule has 8 heteroatoms. The van der Waals surface area contributed by atoms with Crippen LogP contribution in [0.5, 0.6) is 0 Å². The molecule has 0 bridgehead atoms. The highest BCUT2D eigenvalue weighted by molar-refractivity contribution is 7.98. The van der Waals surface area contributed by atoms with Crippen molar-refractivity contribution in [1.29, 1.82) is 0 Å². The number of fused-ring (bicyclic) bond motifs is 1. The maximum absolute atomic E-state index is 11.8. The van der Waals surface area contributed by atoms with Crippen LogP contribution in [-0.4, -0.2) is 20.2 Å². The zero-order valence-electron chi connectivity index (χ0n) is 12.0. The third-order valence-electron chi connectivity index (χ3n) is 3.32. The maximum Gasteiger partial charge on any atom is 0.336 e. The molecule has 0 atom stereocenters. The number of benzene rings is 1. The van der Waals surface area contributed by atoms with Crippen molar-refractivity contribution in [2.24, 2.45) is 7.05 Å². The molecule has 2 heterocycles. The van der Waals surface area contributed by atoms with Crippen molar-refractivity contribution in [1.82, 2.24) is 20.2 Å². The van der Waals surface area contributed by atoms with Crippen LogP contribution in [0.4, 0.5) is 0 Å². The molecule has 3 aromatic rings. The molecule has 0 unspecified atom stereocenters. The molecule has 2 aromatic heterocycles. The Balaban J connectivity index is 2.03. The number of halogens is 1. The second-order valence-electron chi connectivity index (χ2n) is 4.76. The third kappa shape index (κ3) is 2.86. The van der Waals surface area contributed by atoms with E-state index in [9.17, 15) is 4.79 Å². The zero-order valence-corrected chi connectivity index (χ0v) is 13.6. The highest BCUT2D eigenvalue weighted by Crippen LogP contribution is 2.29. The molecule has 0 spiro atoms. The van der Waals surface area contributed by atoms with Gasteiger partial charge in [0.05, 0.1) is 0 Å². The molecule has 3 rings (SSSR count). The van der Waals surface area contributed by atoms with Gasteiger partial charge in [-0.15, -0.1) is 5.10 Å². The first-order chi connectivity index (χ1) is 10.6. The average molecular weight is 337 g/mol. The van der Waals surface area contributed by atoms with E-state index in [4.69, 9.17) is 16.0 Å². The summed E-state index contributed by atoms with van der Waals surface area (Å²) in [5, 5.41) is 13.5. The van der Waals surface area contributed by atoms with Crippen molar-refractivity contribution >= 4 is 34.3 Å². The van der Waals surface area contributed by atoms with E-state index >= 15 is 0 Å². The van der Waals surface area contributed by atoms with Gasteiger partial charge in [-0.1, -0.05) is 30.3 Å². The number of rotatable bonds is 4. The van der Waals surface area contributed by atoms with Crippen LogP contribution in [0.1, 0.15) is 18.1 Å². The molecular formula is C14H13ClN4O2S. The summed E-state index contributed by atoms with van der Waals surface area (Å²) in [7, 11) is 1.77. The first-order valence-electron chi connectivity index (χ1n) is 6.68. The van der Waals surface area contributed by atoms with Gasteiger partial charge in [0.25, 0.3) is 0 Å². The van der Waals surface area contributed by atoms with Gasteiger partial charge >= 0.3 is 5.63 Å². The molecule has 6 nitrogen and oxygen atoms in total. The van der Waals surface area contributed by atoms with Gasteiger partial charge in [0.15, 0.2) is 0 Å². The summed E-state index contributed by atoms with van der Waals surface area (Å²) in [6, 6.07) is 5.17. The van der Waals surface area contributed by atoms with E-state index in [0.29, 0.717) is 21.5 Å². The fraction of sp³-hybridized carbons (Fsp3) is 0.286. The fourth-order valence-electron chi connectivity index (χ4n) is 2.16. The van der Waals surface area contributed by atoms with Crippen molar-refractivity contribution < 1.29 is 4.42 Å². The molecule has 0 radical (unpaired) electrons. The first kappa shape index (κ1) is 15.1. The second-order valence-corrected chi connectivity index (χ2v) is 6.11. The molecule has 0 fully saturated rings. The fourth-order valence-corrected chi connectivity index (χ4v) is 3.30.